The highest BCUT2D eigenvalue weighted by Crippen LogP contribution is 2.37. The molecule has 1 aromatic rings. The molecule has 5 nitrogen and oxygen atoms in total. The number of hydrogen-bond acceptors (Lipinski definition) is 5. The third kappa shape index (κ3) is 3.94. The van der Waals surface area contributed by atoms with Crippen LogP contribution >= 0.6 is 11.8 Å². The second-order valence-electron chi connectivity index (χ2n) is 5.40. The summed E-state index contributed by atoms with van der Waals surface area (Å²) < 4.78 is 0.273. The van der Waals surface area contributed by atoms with Gasteiger partial charge >= 0.3 is 0 Å². The Kier molecular flexibility index (Phi) is 5.01. The van der Waals surface area contributed by atoms with Crippen molar-refractivity contribution in [1.29, 1.82) is 0 Å². The lowest BCUT2D eigenvalue weighted by molar-refractivity contribution is -0.384. The highest BCUT2D eigenvalue weighted by atomic mass is 32.2. The number of nitrogens with zero attached hydrogens (tertiary/aromatic N) is 1. The van der Waals surface area contributed by atoms with Crippen molar-refractivity contribution in [3.05, 3.63) is 39.9 Å². The molecule has 2 N–H and O–H groups in total. The summed E-state index contributed by atoms with van der Waals surface area (Å²) in [7, 11) is 0. The molecule has 0 saturated carbocycles. The summed E-state index contributed by atoms with van der Waals surface area (Å²) in [5.41, 5.74) is 0.746. The molecule has 0 radical (unpaired) electrons. The van der Waals surface area contributed by atoms with Gasteiger partial charge < -0.3 is 10.4 Å². The SMILES string of the molecule is CC1(CNCC(O)c2ccc([N+](=O)[O-])cc2)CCCS1. The van der Waals surface area contributed by atoms with Crippen LogP contribution in [0.25, 0.3) is 0 Å². The molecule has 0 aromatic heterocycles. The van der Waals surface area contributed by atoms with Crippen LogP contribution < -0.4 is 5.32 Å². The second kappa shape index (κ2) is 6.56. The molecule has 0 amide bonds. The van der Waals surface area contributed by atoms with Crippen molar-refractivity contribution in [2.75, 3.05) is 18.8 Å². The molecule has 0 spiro atoms. The summed E-state index contributed by atoms with van der Waals surface area (Å²) in [6, 6.07) is 6.06. The van der Waals surface area contributed by atoms with Crippen LogP contribution in [0.1, 0.15) is 31.4 Å². The van der Waals surface area contributed by atoms with Gasteiger partial charge in [0.2, 0.25) is 0 Å². The van der Waals surface area contributed by atoms with Crippen LogP contribution in [-0.2, 0) is 0 Å². The quantitative estimate of drug-likeness (QED) is 0.623. The molecule has 0 bridgehead atoms. The minimum absolute atomic E-state index is 0.0452. The van der Waals surface area contributed by atoms with Gasteiger partial charge in [0.05, 0.1) is 11.0 Å². The van der Waals surface area contributed by atoms with E-state index in [0.717, 1.165) is 6.54 Å². The van der Waals surface area contributed by atoms with Gasteiger partial charge in [-0.3, -0.25) is 10.1 Å². The standard InChI is InChI=1S/C14H20N2O3S/c1-14(7-2-8-20-14)10-15-9-13(17)11-3-5-12(6-4-11)16(18)19/h3-6,13,15,17H,2,7-10H2,1H3. The van der Waals surface area contributed by atoms with E-state index in [4.69, 9.17) is 0 Å². The Morgan fingerprint density at radius 2 is 2.20 bits per heavy atom. The van der Waals surface area contributed by atoms with E-state index >= 15 is 0 Å². The summed E-state index contributed by atoms with van der Waals surface area (Å²) in [6.07, 6.45) is 1.83. The predicted octanol–water partition coefficient (Wildman–Crippen LogP) is 2.50. The molecule has 1 aromatic carbocycles. The molecule has 2 atom stereocenters. The van der Waals surface area contributed by atoms with E-state index in [2.05, 4.69) is 12.2 Å². The zero-order valence-corrected chi connectivity index (χ0v) is 12.4. The topological polar surface area (TPSA) is 75.4 Å². The fourth-order valence-corrected chi connectivity index (χ4v) is 3.66. The second-order valence-corrected chi connectivity index (χ2v) is 7.08. The van der Waals surface area contributed by atoms with Crippen molar-refractivity contribution in [3.8, 4) is 0 Å². The van der Waals surface area contributed by atoms with Crippen LogP contribution in [0.4, 0.5) is 5.69 Å². The Morgan fingerprint density at radius 1 is 1.50 bits per heavy atom. The highest BCUT2D eigenvalue weighted by molar-refractivity contribution is 8.00. The van der Waals surface area contributed by atoms with Crippen molar-refractivity contribution >= 4 is 17.4 Å². The average Bonchev–Trinajstić information content (AvgIpc) is 2.85. The van der Waals surface area contributed by atoms with Crippen molar-refractivity contribution in [2.24, 2.45) is 0 Å². The number of benzene rings is 1. The van der Waals surface area contributed by atoms with Crippen molar-refractivity contribution in [1.82, 2.24) is 5.32 Å². The molecule has 0 aliphatic carbocycles. The lowest BCUT2D eigenvalue weighted by Crippen LogP contribution is -2.35. The molecule has 1 saturated heterocycles. The lowest BCUT2D eigenvalue weighted by atomic mass is 10.1. The first-order chi connectivity index (χ1) is 9.50. The fraction of sp³-hybridized carbons (Fsp3) is 0.571. The normalized spacial score (nSPS) is 23.7. The molecule has 6 heteroatoms. The van der Waals surface area contributed by atoms with E-state index in [-0.39, 0.29) is 10.4 Å². The minimum atomic E-state index is -0.634. The molecule has 1 fully saturated rings. The Hall–Kier alpha value is -1.11. The number of aliphatic hydroxyl groups excluding tert-OH is 1. The van der Waals surface area contributed by atoms with E-state index in [9.17, 15) is 15.2 Å². The number of non-ortho nitro benzene ring substituents is 1. The third-order valence-corrected chi connectivity index (χ3v) is 5.16. The number of aliphatic hydroxyl groups is 1. The maximum Gasteiger partial charge on any atom is 0.269 e. The van der Waals surface area contributed by atoms with Gasteiger partial charge in [0.1, 0.15) is 0 Å². The van der Waals surface area contributed by atoms with Gasteiger partial charge in [0.15, 0.2) is 0 Å². The van der Waals surface area contributed by atoms with Gasteiger partial charge in [0.25, 0.3) is 5.69 Å². The van der Waals surface area contributed by atoms with E-state index in [1.54, 1.807) is 12.1 Å². The van der Waals surface area contributed by atoms with Crippen LogP contribution in [0.3, 0.4) is 0 Å². The molecule has 1 aliphatic heterocycles. The van der Waals surface area contributed by atoms with Crippen LogP contribution in [0.2, 0.25) is 0 Å². The van der Waals surface area contributed by atoms with Gasteiger partial charge in [-0.2, -0.15) is 11.8 Å². The number of thioether (sulfide) groups is 1. The van der Waals surface area contributed by atoms with Crippen molar-refractivity contribution in [2.45, 2.75) is 30.6 Å². The molecule has 110 valence electrons. The molecular formula is C14H20N2O3S. The van der Waals surface area contributed by atoms with Crippen LogP contribution in [0, 0.1) is 10.1 Å². The number of nitrogens with one attached hydrogen (secondary N) is 1. The van der Waals surface area contributed by atoms with E-state index in [0.29, 0.717) is 12.1 Å². The zero-order valence-electron chi connectivity index (χ0n) is 11.5. The van der Waals surface area contributed by atoms with E-state index in [1.807, 2.05) is 11.8 Å². The molecule has 1 heterocycles. The largest absolute Gasteiger partial charge is 0.387 e. The Bertz CT molecular complexity index is 458. The van der Waals surface area contributed by atoms with Crippen LogP contribution in [0.15, 0.2) is 24.3 Å². The Labute approximate surface area is 122 Å². The van der Waals surface area contributed by atoms with E-state index in [1.165, 1.54) is 30.7 Å². The predicted molar refractivity (Wildman–Crippen MR) is 81.0 cm³/mol. The maximum absolute atomic E-state index is 10.6. The highest BCUT2D eigenvalue weighted by Gasteiger charge is 2.28. The number of hydrogen-bond donors (Lipinski definition) is 2. The van der Waals surface area contributed by atoms with Gasteiger partial charge in [-0.25, -0.2) is 0 Å². The summed E-state index contributed by atoms with van der Waals surface area (Å²) in [5.74, 6) is 1.21. The lowest BCUT2D eigenvalue weighted by Gasteiger charge is -2.24. The van der Waals surface area contributed by atoms with Crippen LogP contribution in [0.5, 0.6) is 0 Å². The van der Waals surface area contributed by atoms with Crippen molar-refractivity contribution < 1.29 is 10.0 Å². The third-order valence-electron chi connectivity index (χ3n) is 3.63. The summed E-state index contributed by atoms with van der Waals surface area (Å²) in [5, 5.41) is 23.9. The first-order valence-corrected chi connectivity index (χ1v) is 7.76. The number of nitro groups is 1. The fourth-order valence-electron chi connectivity index (χ4n) is 2.39. The monoisotopic (exact) mass is 296 g/mol. The number of nitro benzene ring substituents is 1. The summed E-state index contributed by atoms with van der Waals surface area (Å²) in [6.45, 7) is 3.59. The van der Waals surface area contributed by atoms with Gasteiger partial charge in [-0.1, -0.05) is 0 Å². The Balaban J connectivity index is 1.82. The molecule has 1 aliphatic rings. The van der Waals surface area contributed by atoms with Crippen LogP contribution in [-0.4, -0.2) is 33.6 Å². The summed E-state index contributed by atoms with van der Waals surface area (Å²) >= 11 is 1.98. The first kappa shape index (κ1) is 15.3. The zero-order chi connectivity index (χ0) is 14.6. The number of rotatable bonds is 6. The minimum Gasteiger partial charge on any atom is -0.387 e. The van der Waals surface area contributed by atoms with Gasteiger partial charge in [-0.15, -0.1) is 0 Å². The molecular weight excluding hydrogens is 276 g/mol. The maximum atomic E-state index is 10.6. The summed E-state index contributed by atoms with van der Waals surface area (Å²) in [4.78, 5) is 10.1. The molecule has 2 unspecified atom stereocenters. The smallest absolute Gasteiger partial charge is 0.269 e. The van der Waals surface area contributed by atoms with E-state index < -0.39 is 11.0 Å². The van der Waals surface area contributed by atoms with Crippen molar-refractivity contribution in [3.63, 3.8) is 0 Å². The average molecular weight is 296 g/mol. The first-order valence-electron chi connectivity index (χ1n) is 6.77. The van der Waals surface area contributed by atoms with Gasteiger partial charge in [-0.05, 0) is 43.2 Å². The Morgan fingerprint density at radius 3 is 2.75 bits per heavy atom. The molecule has 20 heavy (non-hydrogen) atoms. The van der Waals surface area contributed by atoms with Gasteiger partial charge in [0, 0.05) is 30.0 Å². The molecule has 2 rings (SSSR count).